The number of benzene rings is 1. The first-order chi connectivity index (χ1) is 17.0. The molecular weight excluding hydrogens is 446 g/mol. The molecule has 1 N–H and O–H groups in total. The molecule has 0 radical (unpaired) electrons. The average Bonchev–Trinajstić information content (AvgIpc) is 3.46. The number of amides is 1. The highest BCUT2D eigenvalue weighted by Crippen LogP contribution is 2.27. The van der Waals surface area contributed by atoms with Gasteiger partial charge >= 0.3 is 0 Å². The summed E-state index contributed by atoms with van der Waals surface area (Å²) in [6, 6.07) is 5.96. The highest BCUT2D eigenvalue weighted by Gasteiger charge is 2.20. The lowest BCUT2D eigenvalue weighted by molar-refractivity contribution is 0.0997. The third-order valence-corrected chi connectivity index (χ3v) is 4.34. The van der Waals surface area contributed by atoms with E-state index in [9.17, 15) is 4.79 Å². The van der Waals surface area contributed by atoms with Gasteiger partial charge in [-0.15, -0.1) is 0 Å². The molecule has 1 aromatic carbocycles. The SMILES string of the molecule is C=C=C=C=C=C=C=C=C=NON=C.CCc1ccc2oc(C(=O)Nc3nonc3CC)c(C)c2c1. The van der Waals surface area contributed by atoms with E-state index >= 15 is 0 Å². The van der Waals surface area contributed by atoms with Gasteiger partial charge in [-0.3, -0.25) is 10.1 Å². The molecule has 0 fully saturated rings. The van der Waals surface area contributed by atoms with Gasteiger partial charge in [0.15, 0.2) is 5.76 Å². The molecular formula is C26H21N5O4. The van der Waals surface area contributed by atoms with Crippen LogP contribution in [-0.4, -0.2) is 28.8 Å². The number of carbonyl (C=O) groups is 1. The molecule has 0 saturated carbocycles. The summed E-state index contributed by atoms with van der Waals surface area (Å²) in [4.78, 5) is 16.5. The summed E-state index contributed by atoms with van der Waals surface area (Å²) < 4.78 is 10.3. The number of anilines is 1. The van der Waals surface area contributed by atoms with Crippen molar-refractivity contribution in [2.24, 2.45) is 10.3 Å². The van der Waals surface area contributed by atoms with Crippen LogP contribution in [0.1, 0.15) is 41.2 Å². The maximum Gasteiger partial charge on any atom is 0.292 e. The number of hydrogen-bond donors (Lipinski definition) is 1. The Bertz CT molecular complexity index is 1530. The number of aromatic nitrogens is 2. The Kier molecular flexibility index (Phi) is 10.4. The highest BCUT2D eigenvalue weighted by atomic mass is 16.8. The van der Waals surface area contributed by atoms with Gasteiger partial charge in [-0.2, -0.15) is 0 Å². The number of carbonyl (C=O) groups excluding carboxylic acids is 1. The molecule has 0 aliphatic heterocycles. The van der Waals surface area contributed by atoms with Crippen molar-refractivity contribution in [1.29, 1.82) is 0 Å². The molecule has 174 valence electrons. The molecule has 3 aromatic rings. The fraction of sp³-hybridized carbons (Fsp3) is 0.192. The zero-order valence-electron chi connectivity index (χ0n) is 19.5. The summed E-state index contributed by atoms with van der Waals surface area (Å²) >= 11 is 0. The summed E-state index contributed by atoms with van der Waals surface area (Å²) in [7, 11) is 0. The third kappa shape index (κ3) is 7.68. The first-order valence-corrected chi connectivity index (χ1v) is 10.3. The van der Waals surface area contributed by atoms with E-state index < -0.39 is 0 Å². The molecule has 0 bridgehead atoms. The fourth-order valence-electron chi connectivity index (χ4n) is 2.67. The van der Waals surface area contributed by atoms with Crippen LogP contribution in [0.3, 0.4) is 0 Å². The fourth-order valence-corrected chi connectivity index (χ4v) is 2.67. The van der Waals surface area contributed by atoms with Crippen molar-refractivity contribution in [2.45, 2.75) is 33.6 Å². The normalized spacial score (nSPS) is 8.66. The molecule has 35 heavy (non-hydrogen) atoms. The smallest absolute Gasteiger partial charge is 0.292 e. The average molecular weight is 467 g/mol. The van der Waals surface area contributed by atoms with Crippen LogP contribution >= 0.6 is 0 Å². The minimum absolute atomic E-state index is 0.285. The minimum Gasteiger partial charge on any atom is -0.451 e. The van der Waals surface area contributed by atoms with E-state index in [0.717, 1.165) is 17.4 Å². The van der Waals surface area contributed by atoms with Gasteiger partial charge in [-0.05, 0) is 66.4 Å². The summed E-state index contributed by atoms with van der Waals surface area (Å²) in [6.45, 7) is 12.2. The number of nitrogens with zero attached hydrogens (tertiary/aromatic N) is 4. The van der Waals surface area contributed by atoms with Gasteiger partial charge in [0.05, 0.1) is 5.87 Å². The molecule has 9 nitrogen and oxygen atoms in total. The number of hydrogen-bond acceptors (Lipinski definition) is 8. The quantitative estimate of drug-likeness (QED) is 0.311. The van der Waals surface area contributed by atoms with Gasteiger partial charge in [0.25, 0.3) is 5.91 Å². The van der Waals surface area contributed by atoms with E-state index in [4.69, 9.17) is 4.42 Å². The summed E-state index contributed by atoms with van der Waals surface area (Å²) in [5.41, 5.74) is 20.1. The number of nitrogens with one attached hydrogen (secondary N) is 1. The third-order valence-electron chi connectivity index (χ3n) is 4.34. The number of furan rings is 1. The second kappa shape index (κ2) is 14.0. The van der Waals surface area contributed by atoms with Crippen LogP contribution in [0.25, 0.3) is 11.0 Å². The van der Waals surface area contributed by atoms with Crippen LogP contribution in [0.4, 0.5) is 5.82 Å². The number of rotatable bonds is 6. The van der Waals surface area contributed by atoms with E-state index in [1.54, 1.807) is 0 Å². The van der Waals surface area contributed by atoms with Crippen molar-refractivity contribution >= 4 is 35.3 Å². The predicted molar refractivity (Wildman–Crippen MR) is 130 cm³/mol. The van der Waals surface area contributed by atoms with Crippen molar-refractivity contribution in [1.82, 2.24) is 10.3 Å². The topological polar surface area (TPSA) is 115 Å². The molecule has 0 atom stereocenters. The van der Waals surface area contributed by atoms with E-state index in [2.05, 4.69) is 108 Å². The maximum absolute atomic E-state index is 12.4. The number of oxime groups is 1. The van der Waals surface area contributed by atoms with Crippen molar-refractivity contribution in [3.05, 3.63) is 87.5 Å². The Morgan fingerprint density at radius 1 is 1.11 bits per heavy atom. The van der Waals surface area contributed by atoms with E-state index in [-0.39, 0.29) is 11.7 Å². The Labute approximate surface area is 201 Å². The molecule has 0 aliphatic carbocycles. The van der Waals surface area contributed by atoms with Crippen LogP contribution in [0, 0.1) is 6.92 Å². The predicted octanol–water partition coefficient (Wildman–Crippen LogP) is 4.98. The summed E-state index contributed by atoms with van der Waals surface area (Å²) in [5.74, 6) is 2.48. The first kappa shape index (κ1) is 26.0. The van der Waals surface area contributed by atoms with Gasteiger partial charge in [-0.25, -0.2) is 9.57 Å². The van der Waals surface area contributed by atoms with Gasteiger partial charge in [0.2, 0.25) is 5.82 Å². The van der Waals surface area contributed by atoms with Crippen LogP contribution in [-0.2, 0) is 17.8 Å². The van der Waals surface area contributed by atoms with Gasteiger partial charge in [-0.1, -0.05) is 36.0 Å². The Hall–Kier alpha value is -5.25. The van der Waals surface area contributed by atoms with Crippen molar-refractivity contribution < 1.29 is 18.8 Å². The Balaban J connectivity index is 0.000000287. The number of aryl methyl sites for hydroxylation is 3. The van der Waals surface area contributed by atoms with E-state index in [1.165, 1.54) is 5.56 Å². The molecule has 2 aromatic heterocycles. The molecule has 2 heterocycles. The minimum atomic E-state index is -0.350. The summed E-state index contributed by atoms with van der Waals surface area (Å²) in [6.07, 6.45) is 1.56. The first-order valence-electron chi connectivity index (χ1n) is 10.3. The lowest BCUT2D eigenvalue weighted by Crippen LogP contribution is -2.13. The van der Waals surface area contributed by atoms with Gasteiger partial charge in [0.1, 0.15) is 11.3 Å². The maximum atomic E-state index is 12.4. The molecule has 1 amide bonds. The zero-order chi connectivity index (χ0) is 25.5. The monoisotopic (exact) mass is 467 g/mol. The van der Waals surface area contributed by atoms with Crippen LogP contribution < -0.4 is 5.32 Å². The lowest BCUT2D eigenvalue weighted by Gasteiger charge is -2.00. The number of fused-ring (bicyclic) bond motifs is 1. The Morgan fingerprint density at radius 2 is 1.86 bits per heavy atom. The molecule has 3 rings (SSSR count). The van der Waals surface area contributed by atoms with Gasteiger partial charge in [0, 0.05) is 40.0 Å². The van der Waals surface area contributed by atoms with Crippen LogP contribution in [0.5, 0.6) is 0 Å². The molecule has 0 aliphatic rings. The van der Waals surface area contributed by atoms with Crippen molar-refractivity contribution in [3.63, 3.8) is 0 Å². The molecule has 9 heteroatoms. The lowest BCUT2D eigenvalue weighted by atomic mass is 10.1. The standard InChI is InChI=1S/C16H17N3O3.C10H4N2O/c1-4-10-6-7-13-11(8-10)9(3)14(21-13)16(20)17-15-12(5-2)18-22-19-15;1-3-4-5-6-7-8-9-10-12-13-11-2/h6-8H,4-5H2,1-3H3,(H,17,19,20);1-2H2. The van der Waals surface area contributed by atoms with Crippen molar-refractivity contribution in [3.8, 4) is 0 Å². The summed E-state index contributed by atoms with van der Waals surface area (Å²) in [5, 5.41) is 17.2. The Morgan fingerprint density at radius 3 is 2.54 bits per heavy atom. The molecule has 0 unspecified atom stereocenters. The highest BCUT2D eigenvalue weighted by molar-refractivity contribution is 6.06. The van der Waals surface area contributed by atoms with Gasteiger partial charge < -0.3 is 4.42 Å². The van der Waals surface area contributed by atoms with Crippen LogP contribution in [0.2, 0.25) is 0 Å². The largest absolute Gasteiger partial charge is 0.451 e. The van der Waals surface area contributed by atoms with E-state index in [0.29, 0.717) is 23.5 Å². The van der Waals surface area contributed by atoms with Crippen LogP contribution in [0.15, 0.2) is 84.3 Å². The second-order valence-electron chi connectivity index (χ2n) is 6.45. The zero-order valence-corrected chi connectivity index (χ0v) is 19.5. The molecule has 0 saturated heterocycles. The van der Waals surface area contributed by atoms with E-state index in [1.807, 2.05) is 26.0 Å². The second-order valence-corrected chi connectivity index (χ2v) is 6.45. The molecule has 0 spiro atoms. The van der Waals surface area contributed by atoms with Crippen molar-refractivity contribution in [2.75, 3.05) is 5.32 Å².